The van der Waals surface area contributed by atoms with Crippen molar-refractivity contribution in [1.29, 1.82) is 0 Å². The Morgan fingerprint density at radius 3 is 2.42 bits per heavy atom. The molecule has 0 aromatic rings. The van der Waals surface area contributed by atoms with Gasteiger partial charge in [-0.15, -0.1) is 0 Å². The standard InChI is InChI=1S/C10H19NO/c11-6-3-10(9-1-2-9)4-7-12-8-5-10/h9H,1-8,11H2. The number of rotatable bonds is 3. The average Bonchev–Trinajstić information content (AvgIpc) is 2.89. The van der Waals surface area contributed by atoms with Gasteiger partial charge in [0.2, 0.25) is 0 Å². The summed E-state index contributed by atoms with van der Waals surface area (Å²) in [6.07, 6.45) is 6.63. The van der Waals surface area contributed by atoms with Gasteiger partial charge in [0.1, 0.15) is 0 Å². The number of ether oxygens (including phenoxy) is 1. The maximum atomic E-state index is 5.67. The highest BCUT2D eigenvalue weighted by molar-refractivity contribution is 4.95. The van der Waals surface area contributed by atoms with E-state index in [-0.39, 0.29) is 0 Å². The first kappa shape index (κ1) is 8.52. The van der Waals surface area contributed by atoms with E-state index < -0.39 is 0 Å². The van der Waals surface area contributed by atoms with Crippen LogP contribution in [0.15, 0.2) is 0 Å². The van der Waals surface area contributed by atoms with Crippen LogP contribution in [0.4, 0.5) is 0 Å². The van der Waals surface area contributed by atoms with Crippen LogP contribution in [-0.4, -0.2) is 19.8 Å². The second-order valence-electron chi connectivity index (χ2n) is 4.29. The van der Waals surface area contributed by atoms with Crippen molar-refractivity contribution < 1.29 is 4.74 Å². The fourth-order valence-corrected chi connectivity index (χ4v) is 2.62. The van der Waals surface area contributed by atoms with Crippen LogP contribution in [0.1, 0.15) is 32.1 Å². The molecule has 2 rings (SSSR count). The minimum Gasteiger partial charge on any atom is -0.381 e. The van der Waals surface area contributed by atoms with Gasteiger partial charge in [-0.05, 0) is 50.0 Å². The van der Waals surface area contributed by atoms with E-state index in [1.54, 1.807) is 0 Å². The topological polar surface area (TPSA) is 35.2 Å². The minimum atomic E-state index is 0.590. The first-order valence-corrected chi connectivity index (χ1v) is 5.15. The van der Waals surface area contributed by atoms with Crippen LogP contribution in [0.25, 0.3) is 0 Å². The Morgan fingerprint density at radius 2 is 1.92 bits per heavy atom. The van der Waals surface area contributed by atoms with E-state index in [4.69, 9.17) is 10.5 Å². The molecule has 2 N–H and O–H groups in total. The summed E-state index contributed by atoms with van der Waals surface area (Å²) < 4.78 is 5.41. The third-order valence-electron chi connectivity index (χ3n) is 3.57. The Hall–Kier alpha value is -0.0800. The smallest absolute Gasteiger partial charge is 0.0471 e. The SMILES string of the molecule is NCCC1(C2CC2)CCOCC1. The van der Waals surface area contributed by atoms with Crippen LogP contribution in [0.2, 0.25) is 0 Å². The van der Waals surface area contributed by atoms with Crippen molar-refractivity contribution in [3.8, 4) is 0 Å². The molecule has 0 bridgehead atoms. The highest BCUT2D eigenvalue weighted by atomic mass is 16.5. The van der Waals surface area contributed by atoms with Crippen LogP contribution in [-0.2, 0) is 4.74 Å². The van der Waals surface area contributed by atoms with Gasteiger partial charge in [0.05, 0.1) is 0 Å². The second kappa shape index (κ2) is 3.35. The van der Waals surface area contributed by atoms with E-state index in [1.807, 2.05) is 0 Å². The third kappa shape index (κ3) is 1.50. The van der Waals surface area contributed by atoms with Crippen LogP contribution in [0.3, 0.4) is 0 Å². The molecule has 1 saturated heterocycles. The van der Waals surface area contributed by atoms with Gasteiger partial charge in [-0.1, -0.05) is 0 Å². The van der Waals surface area contributed by atoms with E-state index in [0.29, 0.717) is 5.41 Å². The molecule has 1 aliphatic carbocycles. The summed E-state index contributed by atoms with van der Waals surface area (Å²) in [7, 11) is 0. The van der Waals surface area contributed by atoms with Gasteiger partial charge >= 0.3 is 0 Å². The van der Waals surface area contributed by atoms with E-state index in [1.165, 1.54) is 32.1 Å². The zero-order chi connectivity index (χ0) is 8.44. The lowest BCUT2D eigenvalue weighted by molar-refractivity contribution is -0.000826. The Bertz CT molecular complexity index is 142. The van der Waals surface area contributed by atoms with E-state index in [9.17, 15) is 0 Å². The molecule has 2 fully saturated rings. The van der Waals surface area contributed by atoms with Gasteiger partial charge in [-0.3, -0.25) is 0 Å². The highest BCUT2D eigenvalue weighted by Gasteiger charge is 2.44. The van der Waals surface area contributed by atoms with Crippen LogP contribution in [0.5, 0.6) is 0 Å². The van der Waals surface area contributed by atoms with E-state index in [2.05, 4.69) is 0 Å². The molecule has 1 saturated carbocycles. The molecule has 0 radical (unpaired) electrons. The summed E-state index contributed by atoms with van der Waals surface area (Å²) in [6, 6.07) is 0. The lowest BCUT2D eigenvalue weighted by Crippen LogP contribution is -2.33. The fourth-order valence-electron chi connectivity index (χ4n) is 2.62. The molecule has 70 valence electrons. The largest absolute Gasteiger partial charge is 0.381 e. The molecule has 0 spiro atoms. The van der Waals surface area contributed by atoms with Crippen molar-refractivity contribution in [3.63, 3.8) is 0 Å². The van der Waals surface area contributed by atoms with E-state index >= 15 is 0 Å². The molecule has 12 heavy (non-hydrogen) atoms. The second-order valence-corrected chi connectivity index (χ2v) is 4.29. The summed E-state index contributed by atoms with van der Waals surface area (Å²) in [4.78, 5) is 0. The van der Waals surface area contributed by atoms with Crippen molar-refractivity contribution in [2.75, 3.05) is 19.8 Å². The third-order valence-corrected chi connectivity index (χ3v) is 3.57. The highest BCUT2D eigenvalue weighted by Crippen LogP contribution is 2.53. The van der Waals surface area contributed by atoms with Gasteiger partial charge < -0.3 is 10.5 Å². The molecule has 0 atom stereocenters. The van der Waals surface area contributed by atoms with Gasteiger partial charge in [-0.2, -0.15) is 0 Å². The molecular weight excluding hydrogens is 150 g/mol. The van der Waals surface area contributed by atoms with Crippen molar-refractivity contribution in [3.05, 3.63) is 0 Å². The number of hydrogen-bond donors (Lipinski definition) is 1. The predicted molar refractivity (Wildman–Crippen MR) is 48.9 cm³/mol. The van der Waals surface area contributed by atoms with Crippen molar-refractivity contribution in [1.82, 2.24) is 0 Å². The molecule has 2 heteroatoms. The molecule has 0 unspecified atom stereocenters. The Labute approximate surface area is 74.5 Å². The predicted octanol–water partition coefficient (Wildman–Crippen LogP) is 1.54. The summed E-state index contributed by atoms with van der Waals surface area (Å²) in [6.45, 7) is 2.80. The van der Waals surface area contributed by atoms with Gasteiger partial charge in [0.15, 0.2) is 0 Å². The number of nitrogens with two attached hydrogens (primary N) is 1. The zero-order valence-electron chi connectivity index (χ0n) is 7.72. The lowest BCUT2D eigenvalue weighted by Gasteiger charge is -2.37. The van der Waals surface area contributed by atoms with E-state index in [0.717, 1.165) is 25.7 Å². The molecule has 0 amide bonds. The Kier molecular flexibility index (Phi) is 2.37. The van der Waals surface area contributed by atoms with Crippen molar-refractivity contribution in [2.45, 2.75) is 32.1 Å². The molecule has 2 aliphatic rings. The molecular formula is C10H19NO. The lowest BCUT2D eigenvalue weighted by atomic mass is 9.73. The zero-order valence-corrected chi connectivity index (χ0v) is 7.72. The molecule has 0 aromatic heterocycles. The maximum absolute atomic E-state index is 5.67. The quantitative estimate of drug-likeness (QED) is 0.695. The molecule has 2 nitrogen and oxygen atoms in total. The fraction of sp³-hybridized carbons (Fsp3) is 1.00. The molecule has 1 aliphatic heterocycles. The van der Waals surface area contributed by atoms with Crippen molar-refractivity contribution >= 4 is 0 Å². The average molecular weight is 169 g/mol. The monoisotopic (exact) mass is 169 g/mol. The Morgan fingerprint density at radius 1 is 1.25 bits per heavy atom. The Balaban J connectivity index is 1.98. The van der Waals surface area contributed by atoms with Crippen molar-refractivity contribution in [2.24, 2.45) is 17.1 Å². The van der Waals surface area contributed by atoms with Crippen LogP contribution < -0.4 is 5.73 Å². The first-order chi connectivity index (χ1) is 5.87. The summed E-state index contributed by atoms with van der Waals surface area (Å²) >= 11 is 0. The molecule has 1 heterocycles. The normalized spacial score (nSPS) is 28.8. The van der Waals surface area contributed by atoms with Gasteiger partial charge in [-0.25, -0.2) is 0 Å². The first-order valence-electron chi connectivity index (χ1n) is 5.15. The maximum Gasteiger partial charge on any atom is 0.0471 e. The summed E-state index contributed by atoms with van der Waals surface area (Å²) in [5.41, 5.74) is 6.26. The summed E-state index contributed by atoms with van der Waals surface area (Å²) in [5, 5.41) is 0. The summed E-state index contributed by atoms with van der Waals surface area (Å²) in [5.74, 6) is 0.991. The van der Waals surface area contributed by atoms with Gasteiger partial charge in [0, 0.05) is 13.2 Å². The van der Waals surface area contributed by atoms with Gasteiger partial charge in [0.25, 0.3) is 0 Å². The van der Waals surface area contributed by atoms with Crippen LogP contribution in [0, 0.1) is 11.3 Å². The van der Waals surface area contributed by atoms with Crippen LogP contribution >= 0.6 is 0 Å². The molecule has 0 aromatic carbocycles. The number of hydrogen-bond acceptors (Lipinski definition) is 2. The minimum absolute atomic E-state index is 0.590.